The molecule has 0 aromatic heterocycles. The maximum Gasteiger partial charge on any atom is 0.328 e. The van der Waals surface area contributed by atoms with Crippen LogP contribution in [0, 0.1) is 0 Å². The molecule has 0 saturated carbocycles. The summed E-state index contributed by atoms with van der Waals surface area (Å²) in [7, 11) is -4.12. The molecule has 16 heavy (non-hydrogen) atoms. The highest BCUT2D eigenvalue weighted by Gasteiger charge is 2.28. The third kappa shape index (κ3) is 6.88. The van der Waals surface area contributed by atoms with Crippen molar-refractivity contribution in [3.8, 4) is 0 Å². The Balaban J connectivity index is 4.17. The van der Waals surface area contributed by atoms with Gasteiger partial charge in [-0.1, -0.05) is 13.3 Å². The fourth-order valence-electron chi connectivity index (χ4n) is 1.51. The molecule has 0 heterocycles. The van der Waals surface area contributed by atoms with E-state index in [2.05, 4.69) is 0 Å². The Morgan fingerprint density at radius 1 is 1.25 bits per heavy atom. The van der Waals surface area contributed by atoms with E-state index in [1.165, 1.54) is 6.92 Å². The molecule has 2 N–H and O–H groups in total. The minimum Gasteiger partial charge on any atom is -0.324 e. The predicted octanol–water partition coefficient (Wildman–Crippen LogP) is 1.66. The minimum absolute atomic E-state index is 0.0648. The van der Waals surface area contributed by atoms with Crippen LogP contribution in [0.3, 0.4) is 0 Å². The van der Waals surface area contributed by atoms with Gasteiger partial charge in [-0.2, -0.15) is 0 Å². The van der Waals surface area contributed by atoms with Crippen LogP contribution in [0.5, 0.6) is 0 Å². The predicted molar refractivity (Wildman–Crippen MR) is 60.3 cm³/mol. The van der Waals surface area contributed by atoms with Crippen molar-refractivity contribution in [2.45, 2.75) is 51.6 Å². The molecular weight excluding hydrogens is 231 g/mol. The Hall–Kier alpha value is -0.510. The van der Waals surface area contributed by atoms with Gasteiger partial charge in [0.05, 0.1) is 12.1 Å². The van der Waals surface area contributed by atoms with Gasteiger partial charge in [-0.05, 0) is 19.8 Å². The lowest BCUT2D eigenvalue weighted by molar-refractivity contribution is -0.125. The summed E-state index contributed by atoms with van der Waals surface area (Å²) in [4.78, 5) is 39.9. The Bertz CT molecular complexity index is 294. The number of hydrogen-bond donors (Lipinski definition) is 2. The molecule has 0 radical (unpaired) electrons. The number of rotatable bonds is 8. The van der Waals surface area contributed by atoms with Crippen molar-refractivity contribution in [1.82, 2.24) is 0 Å². The van der Waals surface area contributed by atoms with Crippen molar-refractivity contribution in [1.29, 1.82) is 0 Å². The summed E-state index contributed by atoms with van der Waals surface area (Å²) in [6.45, 7) is 3.16. The first-order valence-corrected chi connectivity index (χ1v) is 7.01. The molecule has 0 saturated heterocycles. The van der Waals surface area contributed by atoms with Gasteiger partial charge in [0.25, 0.3) is 0 Å². The van der Waals surface area contributed by atoms with E-state index >= 15 is 0 Å². The van der Waals surface area contributed by atoms with Gasteiger partial charge in [-0.3, -0.25) is 14.2 Å². The van der Waals surface area contributed by atoms with Gasteiger partial charge in [0.2, 0.25) is 0 Å². The standard InChI is InChI=1S/C10H19O5P/c1-3-4-10(16(13,14)15)6-5-9(12)7-8(2)11/h10H,3-7H2,1-2H3,(H2,13,14,15). The SMILES string of the molecule is CCCC(CCC(=O)CC(C)=O)P(=O)(O)O. The van der Waals surface area contributed by atoms with Crippen LogP contribution in [0.15, 0.2) is 0 Å². The molecule has 0 fully saturated rings. The molecular formula is C10H19O5P. The van der Waals surface area contributed by atoms with Crippen LogP contribution in [-0.2, 0) is 14.2 Å². The summed E-state index contributed by atoms with van der Waals surface area (Å²) in [5.74, 6) is -0.463. The number of carbonyl (C=O) groups is 2. The van der Waals surface area contributed by atoms with Gasteiger partial charge in [0.1, 0.15) is 11.6 Å². The third-order valence-electron chi connectivity index (χ3n) is 2.30. The second-order valence-electron chi connectivity index (χ2n) is 3.99. The molecule has 0 aliphatic rings. The van der Waals surface area contributed by atoms with Crippen molar-refractivity contribution in [2.75, 3.05) is 0 Å². The first kappa shape index (κ1) is 15.5. The Labute approximate surface area is 95.4 Å². The summed E-state index contributed by atoms with van der Waals surface area (Å²) < 4.78 is 11.1. The number of Topliss-reactive ketones (excluding diaryl/α,β-unsaturated/α-hetero) is 2. The third-order valence-corrected chi connectivity index (χ3v) is 3.77. The quantitative estimate of drug-likeness (QED) is 0.505. The van der Waals surface area contributed by atoms with Gasteiger partial charge >= 0.3 is 7.60 Å². The van der Waals surface area contributed by atoms with Gasteiger partial charge in [0.15, 0.2) is 0 Å². The van der Waals surface area contributed by atoms with Crippen molar-refractivity contribution in [2.24, 2.45) is 0 Å². The van der Waals surface area contributed by atoms with E-state index < -0.39 is 13.3 Å². The second-order valence-corrected chi connectivity index (χ2v) is 5.90. The van der Waals surface area contributed by atoms with Gasteiger partial charge in [-0.15, -0.1) is 0 Å². The molecule has 6 heteroatoms. The molecule has 0 spiro atoms. The number of carbonyl (C=O) groups excluding carboxylic acids is 2. The van der Waals surface area contributed by atoms with Crippen LogP contribution >= 0.6 is 7.60 Å². The molecule has 5 nitrogen and oxygen atoms in total. The van der Waals surface area contributed by atoms with E-state index in [0.29, 0.717) is 12.8 Å². The van der Waals surface area contributed by atoms with Gasteiger partial charge in [0, 0.05) is 6.42 Å². The molecule has 0 bridgehead atoms. The van der Waals surface area contributed by atoms with E-state index in [1.807, 2.05) is 6.92 Å². The lowest BCUT2D eigenvalue weighted by Gasteiger charge is -2.16. The smallest absolute Gasteiger partial charge is 0.324 e. The van der Waals surface area contributed by atoms with Crippen LogP contribution < -0.4 is 0 Å². The van der Waals surface area contributed by atoms with E-state index in [9.17, 15) is 14.2 Å². The van der Waals surface area contributed by atoms with Crippen molar-refractivity contribution in [3.63, 3.8) is 0 Å². The lowest BCUT2D eigenvalue weighted by Crippen LogP contribution is -2.12. The fraction of sp³-hybridized carbons (Fsp3) is 0.800. The largest absolute Gasteiger partial charge is 0.328 e. The second kappa shape index (κ2) is 6.94. The Kier molecular flexibility index (Phi) is 6.72. The maximum atomic E-state index is 11.2. The number of hydrogen-bond acceptors (Lipinski definition) is 3. The molecule has 0 aliphatic carbocycles. The zero-order valence-electron chi connectivity index (χ0n) is 9.68. The summed E-state index contributed by atoms with van der Waals surface area (Å²) in [6, 6.07) is 0. The topological polar surface area (TPSA) is 91.7 Å². The average molecular weight is 250 g/mol. The summed E-state index contributed by atoms with van der Waals surface area (Å²) in [5, 5.41) is 0. The molecule has 0 aliphatic heterocycles. The van der Waals surface area contributed by atoms with Crippen molar-refractivity contribution in [3.05, 3.63) is 0 Å². The van der Waals surface area contributed by atoms with Gasteiger partial charge in [-0.25, -0.2) is 0 Å². The lowest BCUT2D eigenvalue weighted by atomic mass is 10.1. The van der Waals surface area contributed by atoms with E-state index in [1.54, 1.807) is 0 Å². The summed E-state index contributed by atoms with van der Waals surface area (Å²) in [5.41, 5.74) is -0.756. The molecule has 1 unspecified atom stereocenters. The molecule has 0 rings (SSSR count). The molecule has 0 aromatic carbocycles. The van der Waals surface area contributed by atoms with E-state index in [-0.39, 0.29) is 30.8 Å². The highest BCUT2D eigenvalue weighted by atomic mass is 31.2. The first-order chi connectivity index (χ1) is 7.27. The summed E-state index contributed by atoms with van der Waals surface area (Å²) >= 11 is 0. The Morgan fingerprint density at radius 3 is 2.19 bits per heavy atom. The van der Waals surface area contributed by atoms with Crippen LogP contribution in [0.2, 0.25) is 0 Å². The van der Waals surface area contributed by atoms with Crippen LogP contribution in [0.4, 0.5) is 0 Å². The molecule has 0 aromatic rings. The normalized spacial score (nSPS) is 13.5. The van der Waals surface area contributed by atoms with Gasteiger partial charge < -0.3 is 9.79 Å². The first-order valence-electron chi connectivity index (χ1n) is 5.33. The van der Waals surface area contributed by atoms with E-state index in [4.69, 9.17) is 9.79 Å². The maximum absolute atomic E-state index is 11.2. The number of ketones is 2. The zero-order chi connectivity index (χ0) is 12.8. The minimum atomic E-state index is -4.12. The highest BCUT2D eigenvalue weighted by Crippen LogP contribution is 2.45. The molecule has 0 amide bonds. The fourth-order valence-corrected chi connectivity index (χ4v) is 2.57. The van der Waals surface area contributed by atoms with Crippen molar-refractivity contribution >= 4 is 19.2 Å². The highest BCUT2D eigenvalue weighted by molar-refractivity contribution is 7.52. The zero-order valence-corrected chi connectivity index (χ0v) is 10.6. The summed E-state index contributed by atoms with van der Waals surface area (Å²) in [6.07, 6.45) is 1.15. The monoisotopic (exact) mass is 250 g/mol. The van der Waals surface area contributed by atoms with Crippen LogP contribution in [-0.4, -0.2) is 27.0 Å². The van der Waals surface area contributed by atoms with E-state index in [0.717, 1.165) is 0 Å². The van der Waals surface area contributed by atoms with Crippen molar-refractivity contribution < 1.29 is 23.9 Å². The van der Waals surface area contributed by atoms with Crippen LogP contribution in [0.1, 0.15) is 46.0 Å². The average Bonchev–Trinajstić information content (AvgIpc) is 2.08. The Morgan fingerprint density at radius 2 is 1.81 bits per heavy atom. The molecule has 94 valence electrons. The molecule has 1 atom stereocenters. The van der Waals surface area contributed by atoms with Crippen LogP contribution in [0.25, 0.3) is 0 Å².